The summed E-state index contributed by atoms with van der Waals surface area (Å²) in [6.07, 6.45) is 6.17. The van der Waals surface area contributed by atoms with Crippen LogP contribution in [0.4, 0.5) is 5.69 Å². The monoisotopic (exact) mass is 273 g/mol. The van der Waals surface area contributed by atoms with E-state index in [4.69, 9.17) is 0 Å². The van der Waals surface area contributed by atoms with Gasteiger partial charge >= 0.3 is 0 Å². The van der Waals surface area contributed by atoms with E-state index in [0.29, 0.717) is 6.04 Å². The van der Waals surface area contributed by atoms with Crippen LogP contribution in [0.25, 0.3) is 0 Å². The minimum atomic E-state index is 0.651. The first-order valence-electron chi connectivity index (χ1n) is 6.81. The molecule has 0 saturated carbocycles. The maximum Gasteiger partial charge on any atom is 0.0397 e. The Balaban J connectivity index is 1.47. The predicted octanol–water partition coefficient (Wildman–Crippen LogP) is 2.90. The van der Waals surface area contributed by atoms with Crippen LogP contribution in [0.5, 0.6) is 0 Å². The molecule has 4 heteroatoms. The minimum Gasteiger partial charge on any atom is -0.371 e. The molecule has 0 bridgehead atoms. The van der Waals surface area contributed by atoms with Crippen LogP contribution in [-0.4, -0.2) is 24.1 Å². The lowest BCUT2D eigenvalue weighted by molar-refractivity contribution is 0.414. The van der Waals surface area contributed by atoms with Crippen LogP contribution < -0.4 is 10.2 Å². The summed E-state index contributed by atoms with van der Waals surface area (Å²) in [6.45, 7) is 3.26. The number of anilines is 1. The number of thiophene rings is 1. The van der Waals surface area contributed by atoms with Crippen LogP contribution in [0.2, 0.25) is 0 Å². The lowest BCUT2D eigenvalue weighted by Crippen LogP contribution is -2.42. The molecular weight excluding hydrogens is 254 g/mol. The summed E-state index contributed by atoms with van der Waals surface area (Å²) in [5.74, 6) is 0. The van der Waals surface area contributed by atoms with E-state index in [1.807, 2.05) is 12.4 Å². The number of pyridine rings is 1. The topological polar surface area (TPSA) is 28.2 Å². The second-order valence-electron chi connectivity index (χ2n) is 4.98. The fourth-order valence-corrected chi connectivity index (χ4v) is 3.22. The van der Waals surface area contributed by atoms with Crippen molar-refractivity contribution in [1.29, 1.82) is 0 Å². The summed E-state index contributed by atoms with van der Waals surface area (Å²) in [5.41, 5.74) is 2.70. The molecule has 0 radical (unpaired) electrons. The normalized spacial score (nSPS) is 16.7. The van der Waals surface area contributed by atoms with Crippen molar-refractivity contribution in [2.45, 2.75) is 25.4 Å². The Hall–Kier alpha value is -1.39. The van der Waals surface area contributed by atoms with Gasteiger partial charge in [-0.15, -0.1) is 0 Å². The molecule has 3 nitrogen and oxygen atoms in total. The van der Waals surface area contributed by atoms with Crippen molar-refractivity contribution in [3.63, 3.8) is 0 Å². The molecule has 3 heterocycles. The zero-order valence-corrected chi connectivity index (χ0v) is 11.8. The second kappa shape index (κ2) is 6.17. The van der Waals surface area contributed by atoms with E-state index < -0.39 is 0 Å². The first kappa shape index (κ1) is 12.6. The van der Waals surface area contributed by atoms with Crippen LogP contribution in [0, 0.1) is 0 Å². The molecule has 1 N–H and O–H groups in total. The zero-order valence-electron chi connectivity index (χ0n) is 11.0. The Kier molecular flexibility index (Phi) is 4.10. The summed E-state index contributed by atoms with van der Waals surface area (Å²) in [6, 6.07) is 7.04. The quantitative estimate of drug-likeness (QED) is 0.928. The van der Waals surface area contributed by atoms with Crippen LogP contribution >= 0.6 is 11.3 Å². The lowest BCUT2D eigenvalue weighted by atomic mass is 10.0. The summed E-state index contributed by atoms with van der Waals surface area (Å²) >= 11 is 1.77. The van der Waals surface area contributed by atoms with Gasteiger partial charge in [0.05, 0.1) is 0 Å². The Morgan fingerprint density at radius 1 is 1.21 bits per heavy atom. The third-order valence-electron chi connectivity index (χ3n) is 3.70. The third kappa shape index (κ3) is 3.33. The Labute approximate surface area is 118 Å². The highest BCUT2D eigenvalue weighted by Crippen LogP contribution is 2.19. The molecule has 0 spiro atoms. The van der Waals surface area contributed by atoms with Gasteiger partial charge in [0.15, 0.2) is 0 Å². The summed E-state index contributed by atoms with van der Waals surface area (Å²) < 4.78 is 0. The van der Waals surface area contributed by atoms with Gasteiger partial charge in [-0.05, 0) is 47.4 Å². The Morgan fingerprint density at radius 2 is 2.00 bits per heavy atom. The number of nitrogens with one attached hydrogen (secondary N) is 1. The molecule has 19 heavy (non-hydrogen) atoms. The highest BCUT2D eigenvalue weighted by Gasteiger charge is 2.18. The van der Waals surface area contributed by atoms with Crippen molar-refractivity contribution in [3.8, 4) is 0 Å². The van der Waals surface area contributed by atoms with Gasteiger partial charge in [0.2, 0.25) is 0 Å². The maximum atomic E-state index is 4.08. The molecule has 0 atom stereocenters. The molecule has 3 rings (SSSR count). The van der Waals surface area contributed by atoms with E-state index in [1.165, 1.54) is 24.1 Å². The van der Waals surface area contributed by atoms with Gasteiger partial charge in [-0.2, -0.15) is 11.3 Å². The number of hydrogen-bond acceptors (Lipinski definition) is 4. The molecule has 1 saturated heterocycles. The van der Waals surface area contributed by atoms with E-state index in [0.717, 1.165) is 19.6 Å². The summed E-state index contributed by atoms with van der Waals surface area (Å²) in [4.78, 5) is 6.52. The van der Waals surface area contributed by atoms with Crippen LogP contribution in [0.3, 0.4) is 0 Å². The maximum absolute atomic E-state index is 4.08. The van der Waals surface area contributed by atoms with Gasteiger partial charge in [-0.1, -0.05) is 0 Å². The number of piperidine rings is 1. The van der Waals surface area contributed by atoms with Gasteiger partial charge in [-0.3, -0.25) is 4.98 Å². The van der Waals surface area contributed by atoms with Crippen molar-refractivity contribution in [3.05, 3.63) is 46.9 Å². The third-order valence-corrected chi connectivity index (χ3v) is 4.43. The molecule has 2 aromatic rings. The van der Waals surface area contributed by atoms with Crippen LogP contribution in [-0.2, 0) is 6.54 Å². The number of rotatable bonds is 4. The van der Waals surface area contributed by atoms with Crippen LogP contribution in [0.1, 0.15) is 18.4 Å². The van der Waals surface area contributed by atoms with Gasteiger partial charge in [0.1, 0.15) is 0 Å². The van der Waals surface area contributed by atoms with Gasteiger partial charge in [-0.25, -0.2) is 0 Å². The first-order chi connectivity index (χ1) is 9.42. The molecule has 2 aromatic heterocycles. The second-order valence-corrected chi connectivity index (χ2v) is 5.76. The molecule has 100 valence electrons. The SMILES string of the molecule is c1cc(N2CCC(NCc3ccsc3)CC2)ccn1. The lowest BCUT2D eigenvalue weighted by Gasteiger charge is -2.34. The standard InChI is InChI=1S/C15H19N3S/c1-6-16-7-2-15(1)18-8-3-14(4-9-18)17-11-13-5-10-19-12-13/h1-2,5-7,10,12,14,17H,3-4,8-9,11H2. The molecule has 0 amide bonds. The van der Waals surface area contributed by atoms with Crippen molar-refractivity contribution < 1.29 is 0 Å². The molecule has 0 aromatic carbocycles. The number of aromatic nitrogens is 1. The Morgan fingerprint density at radius 3 is 2.68 bits per heavy atom. The summed E-state index contributed by atoms with van der Waals surface area (Å²) in [5, 5.41) is 8.03. The van der Waals surface area contributed by atoms with Crippen molar-refractivity contribution in [2.24, 2.45) is 0 Å². The molecule has 0 aliphatic carbocycles. The average molecular weight is 273 g/mol. The molecular formula is C15H19N3S. The van der Waals surface area contributed by atoms with Crippen LogP contribution in [0.15, 0.2) is 41.4 Å². The Bertz CT molecular complexity index is 475. The van der Waals surface area contributed by atoms with E-state index in [-0.39, 0.29) is 0 Å². The smallest absolute Gasteiger partial charge is 0.0397 e. The van der Waals surface area contributed by atoms with E-state index >= 15 is 0 Å². The van der Waals surface area contributed by atoms with E-state index in [2.05, 4.69) is 44.2 Å². The van der Waals surface area contributed by atoms with Gasteiger partial charge < -0.3 is 10.2 Å². The molecule has 1 fully saturated rings. The van der Waals surface area contributed by atoms with Crippen molar-refractivity contribution in [1.82, 2.24) is 10.3 Å². The molecule has 1 aliphatic rings. The van der Waals surface area contributed by atoms with E-state index in [9.17, 15) is 0 Å². The molecule has 1 aliphatic heterocycles. The summed E-state index contributed by atoms with van der Waals surface area (Å²) in [7, 11) is 0. The van der Waals surface area contributed by atoms with Gasteiger partial charge in [0.25, 0.3) is 0 Å². The zero-order chi connectivity index (χ0) is 12.9. The highest BCUT2D eigenvalue weighted by atomic mass is 32.1. The average Bonchev–Trinajstić information content (AvgIpc) is 3.00. The number of hydrogen-bond donors (Lipinski definition) is 1. The van der Waals surface area contributed by atoms with Crippen molar-refractivity contribution >= 4 is 17.0 Å². The van der Waals surface area contributed by atoms with Gasteiger partial charge in [0, 0.05) is 43.8 Å². The highest BCUT2D eigenvalue weighted by molar-refractivity contribution is 7.07. The fraction of sp³-hybridized carbons (Fsp3) is 0.400. The van der Waals surface area contributed by atoms with Crippen molar-refractivity contribution in [2.75, 3.05) is 18.0 Å². The predicted molar refractivity (Wildman–Crippen MR) is 80.6 cm³/mol. The minimum absolute atomic E-state index is 0.651. The number of nitrogens with zero attached hydrogens (tertiary/aromatic N) is 2. The fourth-order valence-electron chi connectivity index (χ4n) is 2.55. The van der Waals surface area contributed by atoms with E-state index in [1.54, 1.807) is 11.3 Å². The largest absolute Gasteiger partial charge is 0.371 e. The first-order valence-corrected chi connectivity index (χ1v) is 7.75. The molecule has 0 unspecified atom stereocenters.